The summed E-state index contributed by atoms with van der Waals surface area (Å²) < 4.78 is 1.65. The van der Waals surface area contributed by atoms with Crippen LogP contribution >= 0.6 is 11.3 Å². The summed E-state index contributed by atoms with van der Waals surface area (Å²) in [6.07, 6.45) is 0.183. The van der Waals surface area contributed by atoms with E-state index in [2.05, 4.69) is 10.4 Å². The fourth-order valence-electron chi connectivity index (χ4n) is 4.05. The lowest BCUT2D eigenvalue weighted by molar-refractivity contribution is -0.122. The van der Waals surface area contributed by atoms with Crippen molar-refractivity contribution in [2.24, 2.45) is 5.92 Å². The lowest BCUT2D eigenvalue weighted by Crippen LogP contribution is -2.29. The van der Waals surface area contributed by atoms with E-state index in [1.807, 2.05) is 79.9 Å². The molecule has 33 heavy (non-hydrogen) atoms. The summed E-state index contributed by atoms with van der Waals surface area (Å²) in [5.74, 6) is -0.118. The Morgan fingerprint density at radius 1 is 1.09 bits per heavy atom. The van der Waals surface area contributed by atoms with E-state index in [0.29, 0.717) is 17.5 Å². The summed E-state index contributed by atoms with van der Waals surface area (Å²) in [6.45, 7) is 4.20. The first-order valence-corrected chi connectivity index (χ1v) is 11.6. The molecule has 1 aliphatic heterocycles. The minimum Gasteiger partial charge on any atom is -0.311 e. The van der Waals surface area contributed by atoms with E-state index < -0.39 is 5.92 Å². The van der Waals surface area contributed by atoms with Crippen LogP contribution in [-0.2, 0) is 9.59 Å². The molecular formula is C25H23N5O2S. The van der Waals surface area contributed by atoms with Crippen molar-refractivity contribution in [1.29, 1.82) is 0 Å². The monoisotopic (exact) mass is 457 g/mol. The van der Waals surface area contributed by atoms with Crippen molar-refractivity contribution in [2.75, 3.05) is 16.8 Å². The van der Waals surface area contributed by atoms with E-state index in [4.69, 9.17) is 4.98 Å². The molecule has 1 fully saturated rings. The molecule has 166 valence electrons. The van der Waals surface area contributed by atoms with Gasteiger partial charge in [0, 0.05) is 35.7 Å². The Bertz CT molecular complexity index is 1330. The number of hydrogen-bond acceptors (Lipinski definition) is 5. The van der Waals surface area contributed by atoms with E-state index in [9.17, 15) is 9.59 Å². The maximum Gasteiger partial charge on any atom is 0.230 e. The zero-order valence-electron chi connectivity index (χ0n) is 18.4. The summed E-state index contributed by atoms with van der Waals surface area (Å²) >= 11 is 1.46. The van der Waals surface area contributed by atoms with Gasteiger partial charge in [0.05, 0.1) is 17.3 Å². The van der Waals surface area contributed by atoms with Gasteiger partial charge in [-0.25, -0.2) is 4.98 Å². The van der Waals surface area contributed by atoms with Crippen LogP contribution in [0.15, 0.2) is 66.0 Å². The molecule has 2 aromatic carbocycles. The number of hydrogen-bond donors (Lipinski definition) is 1. The number of benzene rings is 2. The highest BCUT2D eigenvalue weighted by atomic mass is 32.1. The molecule has 4 aromatic rings. The highest BCUT2D eigenvalue weighted by Gasteiger charge is 2.36. The standard InChI is InChI=1S/C25H23N5O2S/c1-16-8-6-7-11-21(16)29-14-19(13-23(29)31)24(32)27-22-12-17(2)28-30(22)25-26-20(15-33-25)18-9-4-3-5-10-18/h3-12,15,19H,13-14H2,1-2H3,(H,27,32). The van der Waals surface area contributed by atoms with Gasteiger partial charge in [-0.05, 0) is 25.5 Å². The van der Waals surface area contributed by atoms with Crippen molar-refractivity contribution >= 4 is 34.7 Å². The molecule has 1 N–H and O–H groups in total. The number of amides is 2. The number of carbonyl (C=O) groups excluding carboxylic acids is 2. The summed E-state index contributed by atoms with van der Waals surface area (Å²) in [5, 5.41) is 10.1. The normalized spacial score (nSPS) is 15.8. The Kier molecular flexibility index (Phi) is 5.51. The molecule has 2 amide bonds. The van der Waals surface area contributed by atoms with Crippen LogP contribution in [0.25, 0.3) is 16.4 Å². The molecule has 1 saturated heterocycles. The molecule has 1 unspecified atom stereocenters. The number of nitrogens with zero attached hydrogens (tertiary/aromatic N) is 4. The third-order valence-corrected chi connectivity index (χ3v) is 6.54. The van der Waals surface area contributed by atoms with Crippen LogP contribution in [-0.4, -0.2) is 33.1 Å². The molecule has 1 aliphatic rings. The largest absolute Gasteiger partial charge is 0.311 e. The molecule has 8 heteroatoms. The fraction of sp³-hybridized carbons (Fsp3) is 0.200. The number of carbonyl (C=O) groups is 2. The van der Waals surface area contributed by atoms with Gasteiger partial charge in [0.25, 0.3) is 0 Å². The number of nitrogens with one attached hydrogen (secondary N) is 1. The van der Waals surface area contributed by atoms with Gasteiger partial charge >= 0.3 is 0 Å². The average Bonchev–Trinajstić information content (AvgIpc) is 3.53. The zero-order chi connectivity index (χ0) is 22.9. The lowest BCUT2D eigenvalue weighted by atomic mass is 10.1. The first kappa shape index (κ1) is 21.1. The molecule has 2 aromatic heterocycles. The van der Waals surface area contributed by atoms with Crippen molar-refractivity contribution in [3.05, 3.63) is 77.3 Å². The van der Waals surface area contributed by atoms with E-state index in [-0.39, 0.29) is 18.2 Å². The Balaban J connectivity index is 1.35. The third-order valence-electron chi connectivity index (χ3n) is 5.73. The summed E-state index contributed by atoms with van der Waals surface area (Å²) in [5.41, 5.74) is 4.52. The topological polar surface area (TPSA) is 80.1 Å². The lowest BCUT2D eigenvalue weighted by Gasteiger charge is -2.19. The average molecular weight is 458 g/mol. The van der Waals surface area contributed by atoms with Crippen LogP contribution in [0.4, 0.5) is 11.5 Å². The fourth-order valence-corrected chi connectivity index (χ4v) is 4.84. The molecule has 1 atom stereocenters. The molecule has 7 nitrogen and oxygen atoms in total. The molecule has 0 bridgehead atoms. The highest BCUT2D eigenvalue weighted by molar-refractivity contribution is 7.12. The van der Waals surface area contributed by atoms with Crippen LogP contribution in [0.5, 0.6) is 0 Å². The van der Waals surface area contributed by atoms with Gasteiger partial charge < -0.3 is 10.2 Å². The minimum absolute atomic E-state index is 0.0402. The second-order valence-corrected chi connectivity index (χ2v) is 8.98. The van der Waals surface area contributed by atoms with Crippen LogP contribution < -0.4 is 10.2 Å². The predicted molar refractivity (Wildman–Crippen MR) is 130 cm³/mol. The molecule has 5 rings (SSSR count). The summed E-state index contributed by atoms with van der Waals surface area (Å²) in [4.78, 5) is 32.1. The Labute approximate surface area is 195 Å². The van der Waals surface area contributed by atoms with Crippen molar-refractivity contribution in [3.8, 4) is 16.4 Å². The SMILES string of the molecule is Cc1cc(NC(=O)C2CC(=O)N(c3ccccc3C)C2)n(-c2nc(-c3ccccc3)cs2)n1. The minimum atomic E-state index is -0.433. The predicted octanol–water partition coefficient (Wildman–Crippen LogP) is 4.60. The van der Waals surface area contributed by atoms with Crippen molar-refractivity contribution in [1.82, 2.24) is 14.8 Å². The van der Waals surface area contributed by atoms with Crippen molar-refractivity contribution in [3.63, 3.8) is 0 Å². The molecule has 0 spiro atoms. The number of aryl methyl sites for hydroxylation is 2. The van der Waals surface area contributed by atoms with Gasteiger partial charge in [-0.15, -0.1) is 11.3 Å². The number of para-hydroxylation sites is 1. The number of anilines is 2. The van der Waals surface area contributed by atoms with Crippen LogP contribution in [0.3, 0.4) is 0 Å². The maximum atomic E-state index is 13.1. The molecular weight excluding hydrogens is 434 g/mol. The highest BCUT2D eigenvalue weighted by Crippen LogP contribution is 2.30. The van der Waals surface area contributed by atoms with Crippen molar-refractivity contribution < 1.29 is 9.59 Å². The smallest absolute Gasteiger partial charge is 0.230 e. The van der Waals surface area contributed by atoms with Crippen LogP contribution in [0.1, 0.15) is 17.7 Å². The number of thiazole rings is 1. The van der Waals surface area contributed by atoms with E-state index in [1.54, 1.807) is 9.58 Å². The molecule has 0 saturated carbocycles. The molecule has 0 aliphatic carbocycles. The van der Waals surface area contributed by atoms with E-state index in [1.165, 1.54) is 11.3 Å². The summed E-state index contributed by atoms with van der Waals surface area (Å²) in [7, 11) is 0. The van der Waals surface area contributed by atoms with Gasteiger partial charge in [-0.2, -0.15) is 9.78 Å². The molecule has 3 heterocycles. The van der Waals surface area contributed by atoms with Gasteiger partial charge in [-0.1, -0.05) is 48.5 Å². The summed E-state index contributed by atoms with van der Waals surface area (Å²) in [6, 6.07) is 19.5. The van der Waals surface area contributed by atoms with E-state index >= 15 is 0 Å². The second-order valence-electron chi connectivity index (χ2n) is 8.15. The Morgan fingerprint density at radius 3 is 2.64 bits per heavy atom. The second kappa shape index (κ2) is 8.63. The molecule has 0 radical (unpaired) electrons. The van der Waals surface area contributed by atoms with Gasteiger partial charge in [0.1, 0.15) is 5.82 Å². The first-order chi connectivity index (χ1) is 16.0. The Hall–Kier alpha value is -3.78. The van der Waals surface area contributed by atoms with Crippen molar-refractivity contribution in [2.45, 2.75) is 20.3 Å². The quantitative estimate of drug-likeness (QED) is 0.475. The third kappa shape index (κ3) is 4.17. The van der Waals surface area contributed by atoms with E-state index in [0.717, 1.165) is 28.2 Å². The number of rotatable bonds is 5. The first-order valence-electron chi connectivity index (χ1n) is 10.7. The van der Waals surface area contributed by atoms with Gasteiger partial charge in [-0.3, -0.25) is 9.59 Å². The van der Waals surface area contributed by atoms with Crippen LogP contribution in [0, 0.1) is 19.8 Å². The zero-order valence-corrected chi connectivity index (χ0v) is 19.2. The maximum absolute atomic E-state index is 13.1. The number of aromatic nitrogens is 3. The van der Waals surface area contributed by atoms with Gasteiger partial charge in [0.15, 0.2) is 0 Å². The Morgan fingerprint density at radius 2 is 1.85 bits per heavy atom. The van der Waals surface area contributed by atoms with Gasteiger partial charge in [0.2, 0.25) is 16.9 Å². The van der Waals surface area contributed by atoms with Crippen LogP contribution in [0.2, 0.25) is 0 Å².